The monoisotopic (exact) mass is 363 g/mol. The zero-order valence-corrected chi connectivity index (χ0v) is 14.5. The summed E-state index contributed by atoms with van der Waals surface area (Å²) >= 11 is 0. The summed E-state index contributed by atoms with van der Waals surface area (Å²) in [6.45, 7) is 0. The van der Waals surface area contributed by atoms with Crippen molar-refractivity contribution in [3.8, 4) is 5.75 Å². The first-order chi connectivity index (χ1) is 13.1. The Hall–Kier alpha value is -3.68. The Morgan fingerprint density at radius 2 is 2.04 bits per heavy atom. The van der Waals surface area contributed by atoms with Gasteiger partial charge < -0.3 is 4.74 Å². The Morgan fingerprint density at radius 3 is 2.81 bits per heavy atom. The van der Waals surface area contributed by atoms with Gasteiger partial charge in [-0.05, 0) is 23.8 Å². The number of ether oxygens (including phenoxy) is 1. The number of fused-ring (bicyclic) bond motifs is 1. The highest BCUT2D eigenvalue weighted by molar-refractivity contribution is 6.03. The molecule has 1 aromatic heterocycles. The molecule has 0 saturated heterocycles. The first-order valence-electron chi connectivity index (χ1n) is 8.41. The zero-order chi connectivity index (χ0) is 18.8. The van der Waals surface area contributed by atoms with E-state index in [1.54, 1.807) is 28.9 Å². The summed E-state index contributed by atoms with van der Waals surface area (Å²) in [6.07, 6.45) is 0.254. The third-order valence-electron chi connectivity index (χ3n) is 4.30. The van der Waals surface area contributed by atoms with Crippen LogP contribution in [0.4, 0.5) is 11.9 Å². The van der Waals surface area contributed by atoms with Crippen molar-refractivity contribution >= 4 is 23.7 Å². The molecule has 2 heterocycles. The number of hydrogen-bond acceptors (Lipinski definition) is 5. The fourth-order valence-electron chi connectivity index (χ4n) is 2.99. The van der Waals surface area contributed by atoms with Crippen molar-refractivity contribution in [2.75, 3.05) is 17.7 Å². The van der Waals surface area contributed by atoms with Gasteiger partial charge in [-0.2, -0.15) is 4.98 Å². The van der Waals surface area contributed by atoms with Crippen molar-refractivity contribution < 1.29 is 14.3 Å². The fraction of sp³-hybridized carbons (Fsp3) is 0.158. The van der Waals surface area contributed by atoms with E-state index in [1.807, 2.05) is 30.3 Å². The van der Waals surface area contributed by atoms with E-state index >= 15 is 0 Å². The van der Waals surface area contributed by atoms with E-state index in [1.165, 1.54) is 7.11 Å². The van der Waals surface area contributed by atoms with E-state index in [0.29, 0.717) is 17.3 Å². The van der Waals surface area contributed by atoms with E-state index in [-0.39, 0.29) is 30.2 Å². The van der Waals surface area contributed by atoms with Gasteiger partial charge in [0.1, 0.15) is 5.75 Å². The van der Waals surface area contributed by atoms with Gasteiger partial charge in [0, 0.05) is 5.56 Å². The number of nitrogens with zero attached hydrogens (tertiary/aromatic N) is 3. The minimum atomic E-state index is -0.362. The first kappa shape index (κ1) is 16.8. The van der Waals surface area contributed by atoms with Gasteiger partial charge in [-0.1, -0.05) is 36.4 Å². The molecule has 2 amide bonds. The Bertz CT molecular complexity index is 1000. The van der Waals surface area contributed by atoms with Gasteiger partial charge >= 0.3 is 0 Å². The highest BCUT2D eigenvalue weighted by atomic mass is 16.5. The van der Waals surface area contributed by atoms with Crippen molar-refractivity contribution in [3.63, 3.8) is 0 Å². The van der Waals surface area contributed by atoms with Crippen LogP contribution in [0, 0.1) is 0 Å². The van der Waals surface area contributed by atoms with Crippen molar-refractivity contribution in [1.29, 1.82) is 0 Å². The number of anilines is 2. The second kappa shape index (κ2) is 6.91. The minimum Gasteiger partial charge on any atom is -0.497 e. The molecule has 8 nitrogen and oxygen atoms in total. The summed E-state index contributed by atoms with van der Waals surface area (Å²) < 4.78 is 6.76. The molecule has 2 aromatic carbocycles. The van der Waals surface area contributed by atoms with Gasteiger partial charge in [0.2, 0.25) is 11.9 Å². The summed E-state index contributed by atoms with van der Waals surface area (Å²) in [6, 6.07) is 16.1. The van der Waals surface area contributed by atoms with Crippen LogP contribution in [-0.2, 0) is 4.79 Å². The maximum Gasteiger partial charge on any atom is 0.258 e. The van der Waals surface area contributed by atoms with Crippen LogP contribution in [0.15, 0.2) is 54.6 Å². The van der Waals surface area contributed by atoms with E-state index in [0.717, 1.165) is 5.56 Å². The Balaban J connectivity index is 1.61. The smallest absolute Gasteiger partial charge is 0.258 e. The van der Waals surface area contributed by atoms with E-state index in [4.69, 9.17) is 4.74 Å². The summed E-state index contributed by atoms with van der Waals surface area (Å²) in [5.41, 5.74) is 1.37. The standard InChI is InChI=1S/C19H17N5O3/c1-27-14-9-5-8-13(10-14)17(26)21-18-22-19-20-16(25)11-15(24(19)23-18)12-6-3-2-4-7-12/h2-10,15H,11H2,1H3,(H2,20,21,22,23,25,26). The maximum absolute atomic E-state index is 12.5. The zero-order valence-electron chi connectivity index (χ0n) is 14.5. The number of rotatable bonds is 4. The molecule has 8 heteroatoms. The van der Waals surface area contributed by atoms with Crippen molar-refractivity contribution in [1.82, 2.24) is 14.8 Å². The fourth-order valence-corrected chi connectivity index (χ4v) is 2.99. The van der Waals surface area contributed by atoms with Gasteiger partial charge in [-0.15, -0.1) is 5.10 Å². The number of methoxy groups -OCH3 is 1. The predicted molar refractivity (Wildman–Crippen MR) is 98.8 cm³/mol. The van der Waals surface area contributed by atoms with Crippen LogP contribution in [0.2, 0.25) is 0 Å². The number of carbonyl (C=O) groups excluding carboxylic acids is 2. The third-order valence-corrected chi connectivity index (χ3v) is 4.30. The lowest BCUT2D eigenvalue weighted by atomic mass is 10.0. The van der Waals surface area contributed by atoms with Gasteiger partial charge in [0.15, 0.2) is 0 Å². The molecule has 1 aliphatic rings. The lowest BCUT2D eigenvalue weighted by Gasteiger charge is -2.23. The molecule has 1 unspecified atom stereocenters. The topological polar surface area (TPSA) is 98.1 Å². The highest BCUT2D eigenvalue weighted by Crippen LogP contribution is 2.29. The van der Waals surface area contributed by atoms with Crippen molar-refractivity contribution in [2.24, 2.45) is 0 Å². The second-order valence-electron chi connectivity index (χ2n) is 6.07. The molecule has 136 valence electrons. The van der Waals surface area contributed by atoms with Crippen LogP contribution in [0.25, 0.3) is 0 Å². The molecule has 0 aliphatic carbocycles. The van der Waals surface area contributed by atoms with Crippen LogP contribution >= 0.6 is 0 Å². The van der Waals surface area contributed by atoms with Crippen LogP contribution < -0.4 is 15.4 Å². The van der Waals surface area contributed by atoms with Crippen molar-refractivity contribution in [2.45, 2.75) is 12.5 Å². The molecule has 27 heavy (non-hydrogen) atoms. The highest BCUT2D eigenvalue weighted by Gasteiger charge is 2.29. The van der Waals surface area contributed by atoms with Crippen LogP contribution in [-0.4, -0.2) is 33.7 Å². The largest absolute Gasteiger partial charge is 0.497 e. The molecule has 2 N–H and O–H groups in total. The Labute approximate surface area is 155 Å². The predicted octanol–water partition coefficient (Wildman–Crippen LogP) is 2.47. The first-order valence-corrected chi connectivity index (χ1v) is 8.41. The lowest BCUT2D eigenvalue weighted by Crippen LogP contribution is -2.29. The summed E-state index contributed by atoms with van der Waals surface area (Å²) in [7, 11) is 1.54. The van der Waals surface area contributed by atoms with Crippen molar-refractivity contribution in [3.05, 3.63) is 65.7 Å². The second-order valence-corrected chi connectivity index (χ2v) is 6.07. The summed E-state index contributed by atoms with van der Waals surface area (Å²) in [5, 5.41) is 9.73. The van der Waals surface area contributed by atoms with E-state index in [9.17, 15) is 9.59 Å². The summed E-state index contributed by atoms with van der Waals surface area (Å²) in [4.78, 5) is 28.7. The van der Waals surface area contributed by atoms with Gasteiger partial charge in [0.25, 0.3) is 11.9 Å². The number of hydrogen-bond donors (Lipinski definition) is 2. The molecular formula is C19H17N5O3. The SMILES string of the molecule is COc1cccc(C(=O)Nc2nc3n(n2)C(c2ccccc2)CC(=O)N3)c1. The van der Waals surface area contributed by atoms with Gasteiger partial charge in [-0.3, -0.25) is 20.2 Å². The molecule has 0 spiro atoms. The Morgan fingerprint density at radius 1 is 1.22 bits per heavy atom. The summed E-state index contributed by atoms with van der Waals surface area (Å²) in [5.74, 6) is 0.506. The number of amides is 2. The molecule has 3 aromatic rings. The Kier molecular flexibility index (Phi) is 4.29. The normalized spacial score (nSPS) is 15.6. The lowest BCUT2D eigenvalue weighted by molar-refractivity contribution is -0.117. The average Bonchev–Trinajstić information content (AvgIpc) is 3.10. The van der Waals surface area contributed by atoms with Crippen LogP contribution in [0.5, 0.6) is 5.75 Å². The maximum atomic E-state index is 12.5. The average molecular weight is 363 g/mol. The molecule has 1 aliphatic heterocycles. The quantitative estimate of drug-likeness (QED) is 0.742. The molecule has 0 bridgehead atoms. The van der Waals surface area contributed by atoms with Gasteiger partial charge in [-0.25, -0.2) is 4.68 Å². The molecule has 0 fully saturated rings. The molecule has 1 atom stereocenters. The third kappa shape index (κ3) is 3.37. The number of carbonyl (C=O) groups is 2. The van der Waals surface area contributed by atoms with Crippen LogP contribution in [0.1, 0.15) is 28.4 Å². The van der Waals surface area contributed by atoms with E-state index < -0.39 is 0 Å². The number of benzene rings is 2. The molecule has 4 rings (SSSR count). The van der Waals surface area contributed by atoms with Crippen LogP contribution in [0.3, 0.4) is 0 Å². The molecule has 0 radical (unpaired) electrons. The minimum absolute atomic E-state index is 0.126. The van der Waals surface area contributed by atoms with E-state index in [2.05, 4.69) is 20.7 Å². The number of nitrogens with one attached hydrogen (secondary N) is 2. The molecular weight excluding hydrogens is 346 g/mol. The number of aromatic nitrogens is 3. The molecule has 0 saturated carbocycles. The van der Waals surface area contributed by atoms with Gasteiger partial charge in [0.05, 0.1) is 19.6 Å².